The summed E-state index contributed by atoms with van der Waals surface area (Å²) in [5, 5.41) is 7.52. The minimum absolute atomic E-state index is 1.10. The molecule has 0 aliphatic heterocycles. The van der Waals surface area contributed by atoms with Crippen molar-refractivity contribution in [1.82, 2.24) is 4.98 Å². The maximum Gasteiger partial charge on any atom is 0.0346 e. The van der Waals surface area contributed by atoms with E-state index < -0.39 is 0 Å². The lowest BCUT2D eigenvalue weighted by molar-refractivity contribution is 1.33. The molecule has 1 heterocycles. The number of nitrogens with zero attached hydrogens (tertiary/aromatic N) is 1. The Balaban J connectivity index is 1.64. The Bertz CT molecular complexity index is 1570. The van der Waals surface area contributed by atoms with E-state index in [2.05, 4.69) is 120 Å². The van der Waals surface area contributed by atoms with Crippen LogP contribution in [0.1, 0.15) is 0 Å². The van der Waals surface area contributed by atoms with Gasteiger partial charge in [0.05, 0.1) is 0 Å². The van der Waals surface area contributed by atoms with Crippen molar-refractivity contribution in [3.05, 3.63) is 98.6 Å². The predicted octanol–water partition coefficient (Wildman–Crippen LogP) is 9.60. The van der Waals surface area contributed by atoms with Gasteiger partial charge in [-0.05, 0) is 72.8 Å². The van der Waals surface area contributed by atoms with E-state index in [-0.39, 0.29) is 0 Å². The van der Waals surface area contributed by atoms with Crippen LogP contribution in [0.15, 0.2) is 98.6 Å². The van der Waals surface area contributed by atoms with E-state index in [1.54, 1.807) is 6.20 Å². The standard InChI is InChI=1S/C27H14Br3N/c28-23-12-22(16-5-3-15(4-6-16)17-2-1-11-31-14-17)18-7-8-20-24(29)13-25(30)21-10-9-19(23)26(18)27(20)21/h1-14H. The Kier molecular flexibility index (Phi) is 4.64. The van der Waals surface area contributed by atoms with Gasteiger partial charge in [0.25, 0.3) is 0 Å². The minimum atomic E-state index is 1.10. The number of hydrogen-bond acceptors (Lipinski definition) is 1. The van der Waals surface area contributed by atoms with Crippen molar-refractivity contribution in [1.29, 1.82) is 0 Å². The fraction of sp³-hybridized carbons (Fsp3) is 0. The van der Waals surface area contributed by atoms with Crippen LogP contribution in [0.3, 0.4) is 0 Å². The van der Waals surface area contributed by atoms with E-state index in [0.29, 0.717) is 0 Å². The quantitative estimate of drug-likeness (QED) is 0.183. The maximum atomic E-state index is 4.24. The van der Waals surface area contributed by atoms with Gasteiger partial charge in [-0.2, -0.15) is 0 Å². The fourth-order valence-corrected chi connectivity index (χ4v) is 6.47. The molecule has 1 aromatic heterocycles. The molecular weight excluding hydrogens is 578 g/mol. The largest absolute Gasteiger partial charge is 0.264 e. The highest BCUT2D eigenvalue weighted by atomic mass is 79.9. The molecule has 6 aromatic rings. The molecule has 0 N–H and O–H groups in total. The van der Waals surface area contributed by atoms with E-state index in [0.717, 1.165) is 19.0 Å². The van der Waals surface area contributed by atoms with E-state index in [9.17, 15) is 0 Å². The van der Waals surface area contributed by atoms with Crippen LogP contribution in [0, 0.1) is 0 Å². The Morgan fingerprint density at radius 3 is 1.68 bits per heavy atom. The molecule has 0 unspecified atom stereocenters. The summed E-state index contributed by atoms with van der Waals surface area (Å²) in [6, 6.07) is 26.1. The summed E-state index contributed by atoms with van der Waals surface area (Å²) in [6.07, 6.45) is 3.70. The zero-order valence-corrected chi connectivity index (χ0v) is 20.9. The summed E-state index contributed by atoms with van der Waals surface area (Å²) in [5.41, 5.74) is 4.72. The van der Waals surface area contributed by atoms with Crippen LogP contribution in [0.25, 0.3) is 54.6 Å². The van der Waals surface area contributed by atoms with Gasteiger partial charge in [0.2, 0.25) is 0 Å². The molecule has 0 radical (unpaired) electrons. The first-order valence-electron chi connectivity index (χ1n) is 9.87. The summed E-state index contributed by atoms with van der Waals surface area (Å²) in [7, 11) is 0. The number of halogens is 3. The zero-order valence-electron chi connectivity index (χ0n) is 16.2. The molecule has 0 bridgehead atoms. The fourth-order valence-electron chi connectivity index (χ4n) is 4.48. The van der Waals surface area contributed by atoms with Gasteiger partial charge >= 0.3 is 0 Å². The van der Waals surface area contributed by atoms with Gasteiger partial charge in [0, 0.05) is 25.8 Å². The molecule has 31 heavy (non-hydrogen) atoms. The smallest absolute Gasteiger partial charge is 0.0346 e. The Labute approximate surface area is 204 Å². The summed E-state index contributed by atoms with van der Waals surface area (Å²) < 4.78 is 3.31. The molecule has 0 fully saturated rings. The minimum Gasteiger partial charge on any atom is -0.264 e. The Morgan fingerprint density at radius 2 is 1.06 bits per heavy atom. The second-order valence-electron chi connectivity index (χ2n) is 7.64. The molecule has 0 saturated carbocycles. The van der Waals surface area contributed by atoms with Gasteiger partial charge in [0.1, 0.15) is 0 Å². The molecule has 0 saturated heterocycles. The van der Waals surface area contributed by atoms with E-state index in [1.807, 2.05) is 12.3 Å². The number of hydrogen-bond donors (Lipinski definition) is 0. The normalized spacial score (nSPS) is 11.7. The molecule has 0 amide bonds. The molecule has 6 rings (SSSR count). The van der Waals surface area contributed by atoms with Gasteiger partial charge in [-0.3, -0.25) is 4.98 Å². The lowest BCUT2D eigenvalue weighted by Crippen LogP contribution is -1.90. The molecule has 148 valence electrons. The van der Waals surface area contributed by atoms with Crippen molar-refractivity contribution in [2.75, 3.05) is 0 Å². The summed E-state index contributed by atoms with van der Waals surface area (Å²) in [4.78, 5) is 4.24. The Hall–Kier alpha value is -2.27. The first-order valence-corrected chi connectivity index (χ1v) is 12.3. The van der Waals surface area contributed by atoms with Crippen molar-refractivity contribution < 1.29 is 0 Å². The van der Waals surface area contributed by atoms with Gasteiger partial charge in [-0.1, -0.05) is 102 Å². The number of rotatable bonds is 2. The zero-order chi connectivity index (χ0) is 21.1. The van der Waals surface area contributed by atoms with Crippen molar-refractivity contribution in [2.24, 2.45) is 0 Å². The average molecular weight is 592 g/mol. The van der Waals surface area contributed by atoms with Crippen LogP contribution < -0.4 is 0 Å². The predicted molar refractivity (Wildman–Crippen MR) is 142 cm³/mol. The van der Waals surface area contributed by atoms with E-state index in [4.69, 9.17) is 0 Å². The molecular formula is C27H14Br3N. The second-order valence-corrected chi connectivity index (χ2v) is 10.2. The summed E-state index contributed by atoms with van der Waals surface area (Å²) in [6.45, 7) is 0. The molecule has 4 heteroatoms. The maximum absolute atomic E-state index is 4.24. The van der Waals surface area contributed by atoms with Gasteiger partial charge in [-0.15, -0.1) is 0 Å². The highest BCUT2D eigenvalue weighted by molar-refractivity contribution is 9.11. The van der Waals surface area contributed by atoms with Crippen LogP contribution in [-0.2, 0) is 0 Å². The molecule has 1 nitrogen and oxygen atoms in total. The van der Waals surface area contributed by atoms with Gasteiger partial charge in [-0.25, -0.2) is 0 Å². The van der Waals surface area contributed by atoms with Crippen LogP contribution in [-0.4, -0.2) is 4.98 Å². The molecule has 0 spiro atoms. The first-order chi connectivity index (χ1) is 15.1. The first kappa shape index (κ1) is 19.4. The van der Waals surface area contributed by atoms with Crippen molar-refractivity contribution in [3.63, 3.8) is 0 Å². The van der Waals surface area contributed by atoms with Crippen molar-refractivity contribution >= 4 is 80.1 Å². The Morgan fingerprint density at radius 1 is 0.516 bits per heavy atom. The van der Waals surface area contributed by atoms with Gasteiger partial charge in [0.15, 0.2) is 0 Å². The van der Waals surface area contributed by atoms with E-state index in [1.165, 1.54) is 49.0 Å². The lowest BCUT2D eigenvalue weighted by Gasteiger charge is -2.17. The molecule has 0 atom stereocenters. The van der Waals surface area contributed by atoms with Crippen LogP contribution in [0.2, 0.25) is 0 Å². The summed E-state index contributed by atoms with van der Waals surface area (Å²) in [5.74, 6) is 0. The molecule has 5 aromatic carbocycles. The van der Waals surface area contributed by atoms with Crippen LogP contribution in [0.5, 0.6) is 0 Å². The third kappa shape index (κ3) is 3.04. The number of pyridine rings is 1. The molecule has 0 aliphatic carbocycles. The monoisotopic (exact) mass is 589 g/mol. The van der Waals surface area contributed by atoms with Crippen LogP contribution >= 0.6 is 47.8 Å². The highest BCUT2D eigenvalue weighted by Gasteiger charge is 2.17. The third-order valence-electron chi connectivity index (χ3n) is 5.94. The number of benzene rings is 5. The lowest BCUT2D eigenvalue weighted by atomic mass is 9.89. The average Bonchev–Trinajstić information content (AvgIpc) is 2.81. The summed E-state index contributed by atoms with van der Waals surface area (Å²) >= 11 is 11.4. The van der Waals surface area contributed by atoms with Crippen molar-refractivity contribution in [2.45, 2.75) is 0 Å². The SMILES string of the molecule is Brc1cc(Br)c2ccc3c(-c4ccc(-c5cccnc5)cc4)cc(Br)c4ccc1c2c43. The number of aromatic nitrogens is 1. The topological polar surface area (TPSA) is 12.9 Å². The van der Waals surface area contributed by atoms with Gasteiger partial charge < -0.3 is 0 Å². The van der Waals surface area contributed by atoms with Crippen LogP contribution in [0.4, 0.5) is 0 Å². The third-order valence-corrected chi connectivity index (χ3v) is 7.91. The molecule has 0 aliphatic rings. The van der Waals surface area contributed by atoms with E-state index >= 15 is 0 Å². The second kappa shape index (κ2) is 7.40. The highest BCUT2D eigenvalue weighted by Crippen LogP contribution is 2.45. The van der Waals surface area contributed by atoms with Crippen molar-refractivity contribution in [3.8, 4) is 22.3 Å².